The molecule has 0 aliphatic carbocycles. The van der Waals surface area contributed by atoms with E-state index < -0.39 is 0 Å². The molecule has 0 saturated carbocycles. The van der Waals surface area contributed by atoms with Crippen molar-refractivity contribution in [3.05, 3.63) is 48.2 Å². The number of amides is 1. The fourth-order valence-electron chi connectivity index (χ4n) is 3.82. The molecule has 1 aliphatic rings. The van der Waals surface area contributed by atoms with Crippen LogP contribution in [-0.4, -0.2) is 68.1 Å². The van der Waals surface area contributed by atoms with E-state index in [1.165, 1.54) is 0 Å². The Morgan fingerprint density at radius 2 is 1.93 bits per heavy atom. The van der Waals surface area contributed by atoms with E-state index in [0.717, 1.165) is 43.4 Å². The summed E-state index contributed by atoms with van der Waals surface area (Å²) in [5.41, 5.74) is 1.34. The van der Waals surface area contributed by atoms with Crippen molar-refractivity contribution in [2.45, 2.75) is 38.8 Å². The van der Waals surface area contributed by atoms with Crippen LogP contribution in [0.1, 0.15) is 48.9 Å². The first kappa shape index (κ1) is 20.2. The molecule has 158 valence electrons. The molecule has 1 amide bonds. The van der Waals surface area contributed by atoms with E-state index in [9.17, 15) is 4.79 Å². The molecule has 1 atom stereocenters. The van der Waals surface area contributed by atoms with Crippen LogP contribution in [0.5, 0.6) is 0 Å². The summed E-state index contributed by atoms with van der Waals surface area (Å²) in [6, 6.07) is 5.66. The number of hydrogen-bond acceptors (Lipinski definition) is 7. The minimum Gasteiger partial charge on any atom is -0.349 e. The van der Waals surface area contributed by atoms with Crippen LogP contribution in [0.4, 0.5) is 5.95 Å². The second kappa shape index (κ2) is 8.74. The molecule has 0 aromatic carbocycles. The average molecular weight is 409 g/mol. The maximum atomic E-state index is 12.7. The van der Waals surface area contributed by atoms with E-state index in [1.54, 1.807) is 18.5 Å². The summed E-state index contributed by atoms with van der Waals surface area (Å²) in [4.78, 5) is 25.9. The summed E-state index contributed by atoms with van der Waals surface area (Å²) >= 11 is 0. The quantitative estimate of drug-likeness (QED) is 0.666. The third-order valence-electron chi connectivity index (χ3n) is 5.79. The first-order chi connectivity index (χ1) is 14.6. The van der Waals surface area contributed by atoms with Crippen molar-refractivity contribution < 1.29 is 4.79 Å². The first-order valence-electron chi connectivity index (χ1n) is 10.5. The molecular weight excluding hydrogens is 380 g/mol. The van der Waals surface area contributed by atoms with Gasteiger partial charge in [0.1, 0.15) is 0 Å². The van der Waals surface area contributed by atoms with Crippen molar-refractivity contribution in [3.8, 4) is 0 Å². The highest BCUT2D eigenvalue weighted by atomic mass is 16.1. The average Bonchev–Trinajstić information content (AvgIpc) is 3.21. The number of anilines is 1. The van der Waals surface area contributed by atoms with Crippen molar-refractivity contribution in [2.75, 3.05) is 31.6 Å². The number of nitrogens with zero attached hydrogens (tertiary/aromatic N) is 7. The van der Waals surface area contributed by atoms with Gasteiger partial charge in [0, 0.05) is 44.3 Å². The lowest BCUT2D eigenvalue weighted by atomic mass is 10.1. The molecule has 3 aromatic heterocycles. The lowest BCUT2D eigenvalue weighted by Crippen LogP contribution is -2.48. The van der Waals surface area contributed by atoms with Gasteiger partial charge >= 0.3 is 0 Å². The van der Waals surface area contributed by atoms with E-state index in [4.69, 9.17) is 0 Å². The Hall–Kier alpha value is -3.07. The summed E-state index contributed by atoms with van der Waals surface area (Å²) in [6.07, 6.45) is 7.17. The predicted molar refractivity (Wildman–Crippen MR) is 114 cm³/mol. The Morgan fingerprint density at radius 1 is 1.17 bits per heavy atom. The molecule has 9 nitrogen and oxygen atoms in total. The van der Waals surface area contributed by atoms with Crippen LogP contribution in [0.15, 0.2) is 36.8 Å². The van der Waals surface area contributed by atoms with Crippen molar-refractivity contribution >= 4 is 17.5 Å². The molecular formula is C21H28N8O. The second-order valence-electron chi connectivity index (χ2n) is 7.68. The van der Waals surface area contributed by atoms with Crippen LogP contribution in [0, 0.1) is 0 Å². The smallest absolute Gasteiger partial charge is 0.252 e. The van der Waals surface area contributed by atoms with E-state index >= 15 is 0 Å². The molecule has 1 N–H and O–H groups in total. The molecule has 1 unspecified atom stereocenters. The SMILES string of the molecule is CCC(CC)NC(=O)c1ccc2nnc(C3CN(c4ncccn4)CCN3C)n2c1. The number of pyridine rings is 1. The van der Waals surface area contributed by atoms with E-state index in [2.05, 4.69) is 56.2 Å². The normalized spacial score (nSPS) is 17.6. The van der Waals surface area contributed by atoms with Gasteiger partial charge in [0.2, 0.25) is 5.95 Å². The van der Waals surface area contributed by atoms with Gasteiger partial charge in [-0.2, -0.15) is 0 Å². The topological polar surface area (TPSA) is 91.5 Å². The van der Waals surface area contributed by atoms with Gasteiger partial charge in [-0.25, -0.2) is 9.97 Å². The highest BCUT2D eigenvalue weighted by molar-refractivity contribution is 5.94. The van der Waals surface area contributed by atoms with E-state index in [0.29, 0.717) is 12.1 Å². The van der Waals surface area contributed by atoms with Crippen molar-refractivity contribution in [1.82, 2.24) is 34.8 Å². The number of carbonyl (C=O) groups excluding carboxylic acids is 1. The number of nitrogens with one attached hydrogen (secondary N) is 1. The summed E-state index contributed by atoms with van der Waals surface area (Å²) in [7, 11) is 2.08. The zero-order chi connectivity index (χ0) is 21.1. The van der Waals surface area contributed by atoms with Crippen LogP contribution in [0.3, 0.4) is 0 Å². The van der Waals surface area contributed by atoms with Gasteiger partial charge < -0.3 is 10.2 Å². The number of hydrogen-bond donors (Lipinski definition) is 1. The van der Waals surface area contributed by atoms with E-state index in [-0.39, 0.29) is 18.0 Å². The van der Waals surface area contributed by atoms with Crippen molar-refractivity contribution in [1.29, 1.82) is 0 Å². The largest absolute Gasteiger partial charge is 0.349 e. The highest BCUT2D eigenvalue weighted by Gasteiger charge is 2.30. The molecule has 3 aromatic rings. The maximum absolute atomic E-state index is 12.7. The fraction of sp³-hybridized carbons (Fsp3) is 0.476. The summed E-state index contributed by atoms with van der Waals surface area (Å²) in [6.45, 7) is 6.56. The van der Waals surface area contributed by atoms with Gasteiger partial charge in [-0.3, -0.25) is 14.1 Å². The Kier molecular flexibility index (Phi) is 5.89. The molecule has 0 spiro atoms. The van der Waals surface area contributed by atoms with Crippen LogP contribution >= 0.6 is 0 Å². The maximum Gasteiger partial charge on any atom is 0.252 e. The zero-order valence-corrected chi connectivity index (χ0v) is 17.7. The summed E-state index contributed by atoms with van der Waals surface area (Å²) in [5, 5.41) is 11.9. The first-order valence-corrected chi connectivity index (χ1v) is 10.5. The molecule has 0 bridgehead atoms. The van der Waals surface area contributed by atoms with E-state index in [1.807, 2.05) is 22.7 Å². The Balaban J connectivity index is 1.62. The predicted octanol–water partition coefficient (Wildman–Crippen LogP) is 1.93. The molecule has 4 rings (SSSR count). The second-order valence-corrected chi connectivity index (χ2v) is 7.68. The van der Waals surface area contributed by atoms with Crippen LogP contribution in [0.25, 0.3) is 5.65 Å². The minimum absolute atomic E-state index is 0.00917. The molecule has 0 radical (unpaired) electrons. The third-order valence-corrected chi connectivity index (χ3v) is 5.79. The van der Waals surface area contributed by atoms with Crippen LogP contribution in [0.2, 0.25) is 0 Å². The number of carbonyl (C=O) groups is 1. The summed E-state index contributed by atoms with van der Waals surface area (Å²) in [5.74, 6) is 1.46. The fourth-order valence-corrected chi connectivity index (χ4v) is 3.82. The number of aromatic nitrogens is 5. The zero-order valence-electron chi connectivity index (χ0n) is 17.7. The van der Waals surface area contributed by atoms with Crippen molar-refractivity contribution in [3.63, 3.8) is 0 Å². The van der Waals surface area contributed by atoms with Gasteiger partial charge in [-0.15, -0.1) is 10.2 Å². The van der Waals surface area contributed by atoms with Gasteiger partial charge in [0.25, 0.3) is 5.91 Å². The van der Waals surface area contributed by atoms with Crippen LogP contribution < -0.4 is 10.2 Å². The number of fused-ring (bicyclic) bond motifs is 1. The lowest BCUT2D eigenvalue weighted by molar-refractivity contribution is 0.0934. The minimum atomic E-state index is -0.0680. The van der Waals surface area contributed by atoms with Gasteiger partial charge in [-0.05, 0) is 38.1 Å². The third kappa shape index (κ3) is 3.97. The van der Waals surface area contributed by atoms with Crippen molar-refractivity contribution in [2.24, 2.45) is 0 Å². The molecule has 4 heterocycles. The standard InChI is InChI=1S/C21H28N8O/c1-4-16(5-2)24-20(30)15-7-8-18-25-26-19(29(18)13-15)17-14-28(12-11-27(17)3)21-22-9-6-10-23-21/h6-10,13,16-17H,4-5,11-12,14H2,1-3H3,(H,24,30). The Morgan fingerprint density at radius 3 is 2.67 bits per heavy atom. The van der Waals surface area contributed by atoms with Crippen LogP contribution in [-0.2, 0) is 0 Å². The molecule has 30 heavy (non-hydrogen) atoms. The molecule has 1 saturated heterocycles. The van der Waals surface area contributed by atoms with Gasteiger partial charge in [-0.1, -0.05) is 13.8 Å². The molecule has 9 heteroatoms. The molecule has 1 aliphatic heterocycles. The number of rotatable bonds is 6. The lowest BCUT2D eigenvalue weighted by Gasteiger charge is -2.38. The van der Waals surface area contributed by atoms with Gasteiger partial charge in [0.15, 0.2) is 11.5 Å². The Bertz CT molecular complexity index is 1000. The summed E-state index contributed by atoms with van der Waals surface area (Å²) < 4.78 is 1.93. The van der Waals surface area contributed by atoms with Gasteiger partial charge in [0.05, 0.1) is 11.6 Å². The number of piperazine rings is 1. The highest BCUT2D eigenvalue weighted by Crippen LogP contribution is 2.25. The number of likely N-dealkylation sites (N-methyl/N-ethyl adjacent to an activating group) is 1. The molecule has 1 fully saturated rings. The monoisotopic (exact) mass is 408 g/mol. The Labute approximate surface area is 176 Å².